The van der Waals surface area contributed by atoms with Gasteiger partial charge in [-0.05, 0) is 39.0 Å². The van der Waals surface area contributed by atoms with Crippen LogP contribution in [0.4, 0.5) is 5.69 Å². The van der Waals surface area contributed by atoms with Crippen LogP contribution in [-0.2, 0) is 11.3 Å². The van der Waals surface area contributed by atoms with Crippen LogP contribution in [0, 0.1) is 0 Å². The van der Waals surface area contributed by atoms with E-state index >= 15 is 0 Å². The summed E-state index contributed by atoms with van der Waals surface area (Å²) < 4.78 is 8.10. The summed E-state index contributed by atoms with van der Waals surface area (Å²) in [7, 11) is 0. The van der Waals surface area contributed by atoms with Gasteiger partial charge in [0.2, 0.25) is 0 Å². The van der Waals surface area contributed by atoms with Crippen molar-refractivity contribution in [2.24, 2.45) is 0 Å². The Morgan fingerprint density at radius 3 is 2.65 bits per heavy atom. The summed E-state index contributed by atoms with van der Waals surface area (Å²) in [6.45, 7) is 12.1. The molecule has 1 aromatic heterocycles. The van der Waals surface area contributed by atoms with E-state index in [9.17, 15) is 0 Å². The number of imidazole rings is 1. The zero-order valence-electron chi connectivity index (χ0n) is 13.1. The van der Waals surface area contributed by atoms with Gasteiger partial charge in [0, 0.05) is 18.2 Å². The highest BCUT2D eigenvalue weighted by Crippen LogP contribution is 2.26. The van der Waals surface area contributed by atoms with Gasteiger partial charge >= 0.3 is 0 Å². The molecule has 0 radical (unpaired) electrons. The number of hydrogen-bond donors (Lipinski definition) is 1. The molecule has 0 fully saturated rings. The van der Waals surface area contributed by atoms with Gasteiger partial charge in [-0.1, -0.05) is 13.8 Å². The van der Waals surface area contributed by atoms with Crippen LogP contribution in [0.25, 0.3) is 11.0 Å². The first-order valence-corrected chi connectivity index (χ1v) is 7.23. The standard InChI is InChI=1S/C16H25N3O/c1-6-20-16(4,5)10-19-14-8-7-12(17)9-13(14)18-15(19)11(2)3/h7-9,11H,6,10,17H2,1-5H3. The van der Waals surface area contributed by atoms with E-state index in [1.807, 2.05) is 25.1 Å². The minimum Gasteiger partial charge on any atom is -0.399 e. The molecule has 0 amide bonds. The van der Waals surface area contributed by atoms with Gasteiger partial charge in [0.05, 0.1) is 23.2 Å². The Balaban J connectivity index is 2.51. The van der Waals surface area contributed by atoms with Gasteiger partial charge in [-0.25, -0.2) is 4.98 Å². The molecule has 0 aliphatic carbocycles. The molecule has 0 aliphatic rings. The molecule has 0 unspecified atom stereocenters. The van der Waals surface area contributed by atoms with E-state index in [0.29, 0.717) is 12.5 Å². The zero-order chi connectivity index (χ0) is 14.9. The highest BCUT2D eigenvalue weighted by Gasteiger charge is 2.23. The minimum atomic E-state index is -0.215. The lowest BCUT2D eigenvalue weighted by Crippen LogP contribution is -2.31. The first-order valence-electron chi connectivity index (χ1n) is 7.23. The molecule has 110 valence electrons. The Labute approximate surface area is 120 Å². The summed E-state index contributed by atoms with van der Waals surface area (Å²) in [5, 5.41) is 0. The highest BCUT2D eigenvalue weighted by molar-refractivity contribution is 5.79. The molecule has 1 aromatic carbocycles. The lowest BCUT2D eigenvalue weighted by molar-refractivity contribution is -0.0222. The van der Waals surface area contributed by atoms with Crippen molar-refractivity contribution in [3.8, 4) is 0 Å². The molecule has 0 aliphatic heterocycles. The summed E-state index contributed by atoms with van der Waals surface area (Å²) >= 11 is 0. The molecule has 0 saturated carbocycles. The van der Waals surface area contributed by atoms with Crippen LogP contribution in [0.5, 0.6) is 0 Å². The van der Waals surface area contributed by atoms with Crippen molar-refractivity contribution in [2.45, 2.75) is 52.7 Å². The Hall–Kier alpha value is -1.55. The lowest BCUT2D eigenvalue weighted by Gasteiger charge is -2.27. The monoisotopic (exact) mass is 275 g/mol. The zero-order valence-corrected chi connectivity index (χ0v) is 13.1. The Morgan fingerprint density at radius 2 is 2.05 bits per heavy atom. The van der Waals surface area contributed by atoms with Gasteiger partial charge in [-0.3, -0.25) is 0 Å². The van der Waals surface area contributed by atoms with Crippen molar-refractivity contribution in [2.75, 3.05) is 12.3 Å². The third kappa shape index (κ3) is 2.96. The maximum atomic E-state index is 5.86. The predicted octanol–water partition coefficient (Wildman–Crippen LogP) is 3.56. The maximum Gasteiger partial charge on any atom is 0.112 e. The summed E-state index contributed by atoms with van der Waals surface area (Å²) in [4.78, 5) is 4.74. The SMILES string of the molecule is CCOC(C)(C)Cn1c(C(C)C)nc2cc(N)ccc21. The second-order valence-corrected chi connectivity index (χ2v) is 6.15. The molecule has 2 N–H and O–H groups in total. The number of anilines is 1. The van der Waals surface area contributed by atoms with Crippen LogP contribution >= 0.6 is 0 Å². The topological polar surface area (TPSA) is 53.1 Å². The van der Waals surface area contributed by atoms with Gasteiger partial charge in [-0.2, -0.15) is 0 Å². The van der Waals surface area contributed by atoms with E-state index in [-0.39, 0.29) is 5.60 Å². The number of hydrogen-bond acceptors (Lipinski definition) is 3. The molecule has 2 rings (SSSR count). The van der Waals surface area contributed by atoms with Crippen molar-refractivity contribution in [3.63, 3.8) is 0 Å². The van der Waals surface area contributed by atoms with Gasteiger partial charge < -0.3 is 15.0 Å². The lowest BCUT2D eigenvalue weighted by atomic mass is 10.1. The molecule has 4 heteroatoms. The average molecular weight is 275 g/mol. The molecule has 0 saturated heterocycles. The van der Waals surface area contributed by atoms with Gasteiger partial charge in [0.15, 0.2) is 0 Å². The number of rotatable bonds is 5. The van der Waals surface area contributed by atoms with Crippen LogP contribution in [0.2, 0.25) is 0 Å². The van der Waals surface area contributed by atoms with Gasteiger partial charge in [0.25, 0.3) is 0 Å². The number of ether oxygens (including phenoxy) is 1. The van der Waals surface area contributed by atoms with Crippen LogP contribution in [0.15, 0.2) is 18.2 Å². The molecule has 1 heterocycles. The number of fused-ring (bicyclic) bond motifs is 1. The molecule has 2 aromatic rings. The Bertz CT molecular complexity index is 599. The normalized spacial score (nSPS) is 12.5. The molecule has 0 spiro atoms. The van der Waals surface area contributed by atoms with E-state index in [0.717, 1.165) is 29.1 Å². The van der Waals surface area contributed by atoms with Crippen molar-refractivity contribution >= 4 is 16.7 Å². The third-order valence-corrected chi connectivity index (χ3v) is 3.39. The fraction of sp³-hybridized carbons (Fsp3) is 0.562. The number of aromatic nitrogens is 2. The van der Waals surface area contributed by atoms with Crippen LogP contribution in [0.1, 0.15) is 46.4 Å². The average Bonchev–Trinajstić information content (AvgIpc) is 2.66. The fourth-order valence-electron chi connectivity index (χ4n) is 2.59. The molecule has 20 heavy (non-hydrogen) atoms. The number of nitrogen functional groups attached to an aromatic ring is 1. The van der Waals surface area contributed by atoms with Gasteiger partial charge in [-0.15, -0.1) is 0 Å². The Morgan fingerprint density at radius 1 is 1.35 bits per heavy atom. The quantitative estimate of drug-likeness (QED) is 0.849. The smallest absolute Gasteiger partial charge is 0.112 e. The first-order chi connectivity index (χ1) is 9.34. The van der Waals surface area contributed by atoms with Crippen molar-refractivity contribution in [3.05, 3.63) is 24.0 Å². The highest BCUT2D eigenvalue weighted by atomic mass is 16.5. The van der Waals surface area contributed by atoms with E-state index in [4.69, 9.17) is 15.5 Å². The summed E-state index contributed by atoms with van der Waals surface area (Å²) in [5.74, 6) is 1.44. The fourth-order valence-corrected chi connectivity index (χ4v) is 2.59. The third-order valence-electron chi connectivity index (χ3n) is 3.39. The van der Waals surface area contributed by atoms with Crippen molar-refractivity contribution < 1.29 is 4.74 Å². The van der Waals surface area contributed by atoms with Crippen molar-refractivity contribution in [1.29, 1.82) is 0 Å². The van der Waals surface area contributed by atoms with E-state index in [2.05, 4.69) is 32.3 Å². The molecular weight excluding hydrogens is 250 g/mol. The Kier molecular flexibility index (Phi) is 4.04. The van der Waals surface area contributed by atoms with E-state index in [1.54, 1.807) is 0 Å². The number of nitrogens with zero attached hydrogens (tertiary/aromatic N) is 2. The molecule has 0 bridgehead atoms. The van der Waals surface area contributed by atoms with Gasteiger partial charge in [0.1, 0.15) is 5.82 Å². The molecule has 0 atom stereocenters. The summed E-state index contributed by atoms with van der Waals surface area (Å²) in [5.41, 5.74) is 8.48. The summed E-state index contributed by atoms with van der Waals surface area (Å²) in [6.07, 6.45) is 0. The van der Waals surface area contributed by atoms with E-state index < -0.39 is 0 Å². The minimum absolute atomic E-state index is 0.215. The first kappa shape index (κ1) is 14.9. The van der Waals surface area contributed by atoms with Crippen molar-refractivity contribution in [1.82, 2.24) is 9.55 Å². The molecular formula is C16H25N3O. The summed E-state index contributed by atoms with van der Waals surface area (Å²) in [6, 6.07) is 5.91. The second kappa shape index (κ2) is 5.44. The maximum absolute atomic E-state index is 5.86. The molecule has 4 nitrogen and oxygen atoms in total. The largest absolute Gasteiger partial charge is 0.399 e. The number of nitrogens with two attached hydrogens (primary N) is 1. The van der Waals surface area contributed by atoms with E-state index in [1.165, 1.54) is 0 Å². The second-order valence-electron chi connectivity index (χ2n) is 6.15. The van der Waals surface area contributed by atoms with Crippen LogP contribution in [-0.4, -0.2) is 21.8 Å². The van der Waals surface area contributed by atoms with Crippen LogP contribution < -0.4 is 5.73 Å². The number of benzene rings is 1. The predicted molar refractivity (Wildman–Crippen MR) is 83.9 cm³/mol. The van der Waals surface area contributed by atoms with Crippen LogP contribution in [0.3, 0.4) is 0 Å².